The highest BCUT2D eigenvalue weighted by molar-refractivity contribution is 6.31. The van der Waals surface area contributed by atoms with Crippen LogP contribution in [0.1, 0.15) is 205 Å². The molecule has 0 amide bonds. The van der Waals surface area contributed by atoms with Gasteiger partial charge in [0.05, 0.1) is 17.1 Å². The first kappa shape index (κ1) is 43.7. The van der Waals surface area contributed by atoms with Gasteiger partial charge in [0.1, 0.15) is 0 Å². The maximum absolute atomic E-state index is 5.21. The average molecular weight is 683 g/mol. The van der Waals surface area contributed by atoms with Crippen LogP contribution in [0.15, 0.2) is 64.6 Å². The fourth-order valence-corrected chi connectivity index (χ4v) is 6.79. The van der Waals surface area contributed by atoms with Gasteiger partial charge in [-0.2, -0.15) is 0 Å². The molecule has 2 aromatic carbocycles. The van der Waals surface area contributed by atoms with Crippen LogP contribution in [0.5, 0.6) is 0 Å². The Bertz CT molecular complexity index is 1150. The van der Waals surface area contributed by atoms with Crippen LogP contribution in [0.2, 0.25) is 0 Å². The van der Waals surface area contributed by atoms with Gasteiger partial charge in [0.2, 0.25) is 0 Å². The van der Waals surface area contributed by atoms with Crippen molar-refractivity contribution in [2.24, 2.45) is 9.98 Å². The van der Waals surface area contributed by atoms with E-state index in [1.807, 2.05) is 0 Å². The van der Waals surface area contributed by atoms with E-state index in [-0.39, 0.29) is 0 Å². The molecule has 0 atom stereocenters. The van der Waals surface area contributed by atoms with E-state index in [9.17, 15) is 0 Å². The van der Waals surface area contributed by atoms with Gasteiger partial charge in [-0.1, -0.05) is 173 Å². The average Bonchev–Trinajstić information content (AvgIpc) is 3.13. The van der Waals surface area contributed by atoms with Gasteiger partial charge in [0, 0.05) is 6.21 Å². The molecular weight excluding hydrogens is 605 g/mol. The molecule has 0 aromatic heterocycles. The van der Waals surface area contributed by atoms with Crippen molar-refractivity contribution < 1.29 is 0 Å². The molecule has 2 nitrogen and oxygen atoms in total. The van der Waals surface area contributed by atoms with Crippen molar-refractivity contribution in [3.8, 4) is 0 Å². The highest BCUT2D eigenvalue weighted by atomic mass is 14.8. The third kappa shape index (κ3) is 22.4. The minimum Gasteiger partial charge on any atom is -0.255 e. The van der Waals surface area contributed by atoms with Gasteiger partial charge in [-0.3, -0.25) is 9.98 Å². The number of allylic oxidation sites excluding steroid dienone is 2. The molecule has 50 heavy (non-hydrogen) atoms. The van der Waals surface area contributed by atoms with Gasteiger partial charge in [-0.05, 0) is 106 Å². The van der Waals surface area contributed by atoms with Crippen LogP contribution in [0.3, 0.4) is 0 Å². The third-order valence-corrected chi connectivity index (χ3v) is 10.0. The third-order valence-electron chi connectivity index (χ3n) is 10.0. The predicted molar refractivity (Wildman–Crippen MR) is 227 cm³/mol. The maximum Gasteiger partial charge on any atom is 0.0665 e. The lowest BCUT2D eigenvalue weighted by Crippen LogP contribution is -2.00. The highest BCUT2D eigenvalue weighted by Crippen LogP contribution is 2.24. The number of aliphatic imine (C=N–C) groups is 2. The monoisotopic (exact) mass is 683 g/mol. The maximum atomic E-state index is 5.21. The smallest absolute Gasteiger partial charge is 0.0665 e. The first-order chi connectivity index (χ1) is 24.7. The number of hydrogen-bond donors (Lipinski definition) is 0. The van der Waals surface area contributed by atoms with Crippen LogP contribution in [0, 0.1) is 0 Å². The van der Waals surface area contributed by atoms with Gasteiger partial charge in [0.15, 0.2) is 0 Å². The lowest BCUT2D eigenvalue weighted by molar-refractivity contribution is 0.533. The van der Waals surface area contributed by atoms with E-state index in [0.717, 1.165) is 62.0 Å². The normalized spacial score (nSPS) is 12.2. The van der Waals surface area contributed by atoms with E-state index < -0.39 is 0 Å². The summed E-state index contributed by atoms with van der Waals surface area (Å²) in [6.07, 6.45) is 43.4. The van der Waals surface area contributed by atoms with E-state index in [1.165, 1.54) is 152 Å². The number of benzene rings is 2. The molecule has 0 N–H and O–H groups in total. The Hall–Kier alpha value is -2.48. The van der Waals surface area contributed by atoms with Gasteiger partial charge >= 0.3 is 0 Å². The van der Waals surface area contributed by atoms with Gasteiger partial charge in [-0.25, -0.2) is 0 Å². The zero-order chi connectivity index (χ0) is 35.7. The molecule has 0 heterocycles. The number of rotatable bonds is 32. The molecule has 0 spiro atoms. The Balaban J connectivity index is 1.74. The Labute approximate surface area is 311 Å². The SMILES string of the molecule is CCCCCCCCCCCCCCCCCC=CCCCc1ccccc1N=C(C=Nc1cc(CCCC)cc(CCCC)c1)CCCC. The molecule has 0 bridgehead atoms. The van der Waals surface area contributed by atoms with Crippen molar-refractivity contribution in [3.05, 3.63) is 71.3 Å². The van der Waals surface area contributed by atoms with E-state index in [4.69, 9.17) is 9.98 Å². The quantitative estimate of drug-likeness (QED) is 0.0417. The highest BCUT2D eigenvalue weighted by Gasteiger charge is 2.05. The summed E-state index contributed by atoms with van der Waals surface area (Å²) >= 11 is 0. The summed E-state index contributed by atoms with van der Waals surface area (Å²) in [6, 6.07) is 15.7. The van der Waals surface area contributed by atoms with Crippen LogP contribution in [0.25, 0.3) is 0 Å². The molecule has 0 aliphatic rings. The molecule has 280 valence electrons. The molecule has 2 aromatic rings. The summed E-state index contributed by atoms with van der Waals surface area (Å²) in [5.41, 5.74) is 7.50. The van der Waals surface area contributed by atoms with Crippen LogP contribution in [-0.4, -0.2) is 11.9 Å². The first-order valence-corrected chi connectivity index (χ1v) is 21.7. The Morgan fingerprint density at radius 1 is 0.500 bits per heavy atom. The molecule has 0 fully saturated rings. The van der Waals surface area contributed by atoms with E-state index >= 15 is 0 Å². The van der Waals surface area contributed by atoms with Crippen LogP contribution >= 0.6 is 0 Å². The summed E-state index contributed by atoms with van der Waals surface area (Å²) in [6.45, 7) is 9.10. The topological polar surface area (TPSA) is 24.7 Å². The molecule has 0 aliphatic carbocycles. The minimum absolute atomic E-state index is 0.967. The summed E-state index contributed by atoms with van der Waals surface area (Å²) in [7, 11) is 0. The molecule has 0 aliphatic heterocycles. The lowest BCUT2D eigenvalue weighted by Gasteiger charge is -2.09. The van der Waals surface area contributed by atoms with Gasteiger partial charge < -0.3 is 0 Å². The van der Waals surface area contributed by atoms with E-state index in [1.54, 1.807) is 0 Å². The van der Waals surface area contributed by atoms with Crippen molar-refractivity contribution in [2.75, 3.05) is 0 Å². The second-order valence-corrected chi connectivity index (χ2v) is 14.9. The van der Waals surface area contributed by atoms with Crippen molar-refractivity contribution >= 4 is 23.3 Å². The Morgan fingerprint density at radius 2 is 1.00 bits per heavy atom. The summed E-state index contributed by atoms with van der Waals surface area (Å²) in [4.78, 5) is 10.2. The molecule has 2 heteroatoms. The fourth-order valence-electron chi connectivity index (χ4n) is 6.79. The molecule has 0 saturated heterocycles. The second kappa shape index (κ2) is 31.3. The molecule has 2 rings (SSSR count). The van der Waals surface area contributed by atoms with Crippen LogP contribution in [0.4, 0.5) is 11.4 Å². The van der Waals surface area contributed by atoms with E-state index in [2.05, 4.69) is 88.5 Å². The molecule has 0 saturated carbocycles. The fraction of sp³-hybridized carbons (Fsp3) is 0.667. The lowest BCUT2D eigenvalue weighted by atomic mass is 10.0. The zero-order valence-electron chi connectivity index (χ0n) is 33.5. The zero-order valence-corrected chi connectivity index (χ0v) is 33.5. The van der Waals surface area contributed by atoms with Crippen LogP contribution < -0.4 is 0 Å². The Morgan fingerprint density at radius 3 is 1.56 bits per heavy atom. The number of hydrogen-bond acceptors (Lipinski definition) is 2. The number of nitrogens with zero attached hydrogens (tertiary/aromatic N) is 2. The number of aryl methyl sites for hydroxylation is 3. The molecule has 0 radical (unpaired) electrons. The standard InChI is InChI=1S/C48H78N2/c1-5-9-13-14-15-16-17-18-19-20-21-22-23-24-25-26-27-28-29-30-35-45-36-31-32-38-48(45)50-46(37-12-8-4)42-49-47-40-43(33-10-6-2)39-44(41-47)34-11-7-3/h27-28,31-32,36,38-42H,5-26,29-30,33-35,37H2,1-4H3. The molecular formula is C48H78N2. The largest absolute Gasteiger partial charge is 0.255 e. The first-order valence-electron chi connectivity index (χ1n) is 21.7. The van der Waals surface area contributed by atoms with Crippen molar-refractivity contribution in [3.63, 3.8) is 0 Å². The summed E-state index contributed by atoms with van der Waals surface area (Å²) in [5, 5.41) is 0. The second-order valence-electron chi connectivity index (χ2n) is 14.9. The van der Waals surface area contributed by atoms with Crippen molar-refractivity contribution in [1.29, 1.82) is 0 Å². The number of unbranched alkanes of at least 4 members (excludes halogenated alkanes) is 19. The Kier molecular flexibility index (Phi) is 27.3. The van der Waals surface area contributed by atoms with Gasteiger partial charge in [0.25, 0.3) is 0 Å². The van der Waals surface area contributed by atoms with Crippen molar-refractivity contribution in [2.45, 2.75) is 207 Å². The summed E-state index contributed by atoms with van der Waals surface area (Å²) < 4.78 is 0. The number of para-hydroxylation sites is 1. The summed E-state index contributed by atoms with van der Waals surface area (Å²) in [5.74, 6) is 0. The van der Waals surface area contributed by atoms with Crippen LogP contribution in [-0.2, 0) is 19.3 Å². The molecule has 0 unspecified atom stereocenters. The van der Waals surface area contributed by atoms with Crippen molar-refractivity contribution in [1.82, 2.24) is 0 Å². The predicted octanol–water partition coefficient (Wildman–Crippen LogP) is 16.2. The van der Waals surface area contributed by atoms with Gasteiger partial charge in [-0.15, -0.1) is 0 Å². The minimum atomic E-state index is 0.967. The van der Waals surface area contributed by atoms with E-state index in [0.29, 0.717) is 0 Å².